The smallest absolute Gasteiger partial charge is 0.215 e. The van der Waals surface area contributed by atoms with Crippen LogP contribution in [0, 0.1) is 6.92 Å². The number of azo groups is 1. The van der Waals surface area contributed by atoms with Crippen molar-refractivity contribution in [3.05, 3.63) is 47.7 Å². The van der Waals surface area contributed by atoms with Gasteiger partial charge in [-0.2, -0.15) is 10.2 Å². The maximum absolute atomic E-state index is 6.04. The van der Waals surface area contributed by atoms with Crippen LogP contribution < -0.4 is 9.64 Å². The van der Waals surface area contributed by atoms with Crippen LogP contribution in [-0.4, -0.2) is 75.6 Å². The minimum Gasteiger partial charge on any atom is -0.476 e. The number of morpholine rings is 2. The molecule has 2 aliphatic rings. The van der Waals surface area contributed by atoms with Gasteiger partial charge in [0, 0.05) is 44.5 Å². The molecule has 2 fully saturated rings. The third-order valence-corrected chi connectivity index (χ3v) is 5.40. The fraction of sp³-hybridized carbons (Fsp3) is 0.522. The number of rotatable bonds is 8. The summed E-state index contributed by atoms with van der Waals surface area (Å²) in [5.41, 5.74) is 3.97. The number of aromatic nitrogens is 1. The number of ether oxygens (including phenoxy) is 3. The molecule has 4 rings (SSSR count). The van der Waals surface area contributed by atoms with Gasteiger partial charge in [-0.15, -0.1) is 0 Å². The molecule has 8 nitrogen and oxygen atoms in total. The number of aryl methyl sites for hydroxylation is 1. The molecule has 0 unspecified atom stereocenters. The van der Waals surface area contributed by atoms with Gasteiger partial charge in [0.15, 0.2) is 0 Å². The summed E-state index contributed by atoms with van der Waals surface area (Å²) in [5.74, 6) is 0.637. The van der Waals surface area contributed by atoms with Gasteiger partial charge in [-0.05, 0) is 30.7 Å². The topological polar surface area (TPSA) is 71.8 Å². The Hall–Kier alpha value is -2.55. The normalized spacial score (nSPS) is 17.9. The zero-order valence-electron chi connectivity index (χ0n) is 18.2. The standard InChI is InChI=1S/C23H31N5O3/c1-19-3-2-4-20(15-19)26-24-18-21-16-22(28-8-12-30-13-9-28)17-23(25-21)31-14-7-27-5-10-29-11-6-27/h2-4,15-17H,5-14,18H2,1H3. The summed E-state index contributed by atoms with van der Waals surface area (Å²) in [6.07, 6.45) is 0. The molecule has 2 saturated heterocycles. The minimum atomic E-state index is 0.409. The molecule has 0 aliphatic carbocycles. The van der Waals surface area contributed by atoms with Gasteiger partial charge < -0.3 is 19.1 Å². The molecule has 8 heteroatoms. The van der Waals surface area contributed by atoms with Crippen molar-refractivity contribution in [2.75, 3.05) is 70.7 Å². The van der Waals surface area contributed by atoms with E-state index >= 15 is 0 Å². The molecule has 3 heterocycles. The van der Waals surface area contributed by atoms with Crippen LogP contribution >= 0.6 is 0 Å². The van der Waals surface area contributed by atoms with Crippen LogP contribution in [0.2, 0.25) is 0 Å². The largest absolute Gasteiger partial charge is 0.476 e. The third-order valence-electron chi connectivity index (χ3n) is 5.40. The fourth-order valence-corrected chi connectivity index (χ4v) is 3.69. The Bertz CT molecular complexity index is 864. The molecule has 0 atom stereocenters. The number of pyridine rings is 1. The lowest BCUT2D eigenvalue weighted by Crippen LogP contribution is -2.38. The lowest BCUT2D eigenvalue weighted by atomic mass is 10.2. The van der Waals surface area contributed by atoms with E-state index < -0.39 is 0 Å². The van der Waals surface area contributed by atoms with Crippen LogP contribution in [0.4, 0.5) is 11.4 Å². The summed E-state index contributed by atoms with van der Waals surface area (Å²) in [7, 11) is 0. The van der Waals surface area contributed by atoms with Crippen molar-refractivity contribution in [1.82, 2.24) is 9.88 Å². The van der Waals surface area contributed by atoms with Crippen molar-refractivity contribution in [2.45, 2.75) is 13.5 Å². The first-order valence-corrected chi connectivity index (χ1v) is 11.0. The molecule has 0 N–H and O–H groups in total. The van der Waals surface area contributed by atoms with Crippen molar-refractivity contribution in [1.29, 1.82) is 0 Å². The van der Waals surface area contributed by atoms with Gasteiger partial charge in [0.1, 0.15) is 13.2 Å². The Kier molecular flexibility index (Phi) is 7.81. The Morgan fingerprint density at radius 1 is 1.00 bits per heavy atom. The first kappa shape index (κ1) is 21.7. The lowest BCUT2D eigenvalue weighted by molar-refractivity contribution is 0.0320. The molecule has 0 saturated carbocycles. The van der Waals surface area contributed by atoms with Gasteiger partial charge in [0.05, 0.1) is 37.8 Å². The van der Waals surface area contributed by atoms with E-state index in [-0.39, 0.29) is 0 Å². The van der Waals surface area contributed by atoms with E-state index in [1.165, 1.54) is 5.56 Å². The molecular weight excluding hydrogens is 394 g/mol. The van der Waals surface area contributed by atoms with Gasteiger partial charge in [-0.3, -0.25) is 4.90 Å². The monoisotopic (exact) mass is 425 g/mol. The van der Waals surface area contributed by atoms with Crippen molar-refractivity contribution in [3.8, 4) is 5.88 Å². The minimum absolute atomic E-state index is 0.409. The van der Waals surface area contributed by atoms with Gasteiger partial charge in [-0.25, -0.2) is 4.98 Å². The molecule has 31 heavy (non-hydrogen) atoms. The molecule has 0 bridgehead atoms. The van der Waals surface area contributed by atoms with E-state index in [1.54, 1.807) is 0 Å². The zero-order chi connectivity index (χ0) is 21.3. The number of nitrogens with zero attached hydrogens (tertiary/aromatic N) is 5. The predicted octanol–water partition coefficient (Wildman–Crippen LogP) is 3.22. The first-order chi connectivity index (χ1) is 15.3. The summed E-state index contributed by atoms with van der Waals surface area (Å²) in [6, 6.07) is 12.1. The lowest BCUT2D eigenvalue weighted by Gasteiger charge is -2.29. The maximum atomic E-state index is 6.04. The van der Waals surface area contributed by atoms with E-state index in [2.05, 4.69) is 31.1 Å². The average molecular weight is 426 g/mol. The summed E-state index contributed by atoms with van der Waals surface area (Å²) in [5, 5.41) is 8.73. The van der Waals surface area contributed by atoms with Crippen molar-refractivity contribution >= 4 is 11.4 Å². The summed E-state index contributed by atoms with van der Waals surface area (Å²) in [6.45, 7) is 10.6. The summed E-state index contributed by atoms with van der Waals surface area (Å²) < 4.78 is 16.9. The second-order valence-electron chi connectivity index (χ2n) is 7.80. The van der Waals surface area contributed by atoms with E-state index in [0.29, 0.717) is 19.0 Å². The van der Waals surface area contributed by atoms with E-state index in [4.69, 9.17) is 14.2 Å². The molecule has 0 radical (unpaired) electrons. The Balaban J connectivity index is 1.43. The van der Waals surface area contributed by atoms with Gasteiger partial charge in [0.2, 0.25) is 5.88 Å². The van der Waals surface area contributed by atoms with Gasteiger partial charge >= 0.3 is 0 Å². The third kappa shape index (κ3) is 6.72. The molecule has 0 amide bonds. The highest BCUT2D eigenvalue weighted by Gasteiger charge is 2.15. The molecule has 0 spiro atoms. The van der Waals surface area contributed by atoms with Crippen LogP contribution in [0.15, 0.2) is 46.6 Å². The van der Waals surface area contributed by atoms with Crippen LogP contribution in [0.1, 0.15) is 11.3 Å². The first-order valence-electron chi connectivity index (χ1n) is 11.0. The SMILES string of the molecule is Cc1cccc(N=NCc2cc(N3CCOCC3)cc(OCCN3CCOCC3)n2)c1. The fourth-order valence-electron chi connectivity index (χ4n) is 3.69. The van der Waals surface area contributed by atoms with Gasteiger partial charge in [0.25, 0.3) is 0 Å². The second-order valence-corrected chi connectivity index (χ2v) is 7.80. The highest BCUT2D eigenvalue weighted by molar-refractivity contribution is 5.50. The van der Waals surface area contributed by atoms with E-state index in [0.717, 1.165) is 76.2 Å². The molecule has 1 aromatic carbocycles. The van der Waals surface area contributed by atoms with Crippen molar-refractivity contribution < 1.29 is 14.2 Å². The summed E-state index contributed by atoms with van der Waals surface area (Å²) in [4.78, 5) is 9.34. The number of hydrogen-bond donors (Lipinski definition) is 0. The van der Waals surface area contributed by atoms with Crippen LogP contribution in [-0.2, 0) is 16.0 Å². The van der Waals surface area contributed by atoms with Crippen LogP contribution in [0.5, 0.6) is 5.88 Å². The van der Waals surface area contributed by atoms with E-state index in [9.17, 15) is 0 Å². The average Bonchev–Trinajstić information content (AvgIpc) is 2.80. The zero-order valence-corrected chi connectivity index (χ0v) is 18.2. The Morgan fingerprint density at radius 2 is 1.77 bits per heavy atom. The quantitative estimate of drug-likeness (QED) is 0.605. The predicted molar refractivity (Wildman–Crippen MR) is 119 cm³/mol. The molecule has 2 aliphatic heterocycles. The molecular formula is C23H31N5O3. The van der Waals surface area contributed by atoms with Crippen LogP contribution in [0.25, 0.3) is 0 Å². The molecule has 166 valence electrons. The Labute approximate surface area is 183 Å². The van der Waals surface area contributed by atoms with E-state index in [1.807, 2.05) is 37.3 Å². The summed E-state index contributed by atoms with van der Waals surface area (Å²) >= 11 is 0. The van der Waals surface area contributed by atoms with Crippen molar-refractivity contribution in [3.63, 3.8) is 0 Å². The maximum Gasteiger partial charge on any atom is 0.215 e. The number of anilines is 1. The molecule has 2 aromatic rings. The second kappa shape index (κ2) is 11.2. The van der Waals surface area contributed by atoms with Gasteiger partial charge in [-0.1, -0.05) is 12.1 Å². The Morgan fingerprint density at radius 3 is 2.55 bits per heavy atom. The highest BCUT2D eigenvalue weighted by atomic mass is 16.5. The van der Waals surface area contributed by atoms with Crippen molar-refractivity contribution in [2.24, 2.45) is 10.2 Å². The highest BCUT2D eigenvalue weighted by Crippen LogP contribution is 2.23. The molecule has 1 aromatic heterocycles. The number of hydrogen-bond acceptors (Lipinski definition) is 8. The number of benzene rings is 1. The van der Waals surface area contributed by atoms with Crippen LogP contribution in [0.3, 0.4) is 0 Å².